The van der Waals surface area contributed by atoms with Crippen LogP contribution in [-0.2, 0) is 16.0 Å². The lowest BCUT2D eigenvalue weighted by Gasteiger charge is -2.22. The first-order valence-corrected chi connectivity index (χ1v) is 6.73. The Balaban J connectivity index is 1.74. The number of carbonyl (C=O) groups is 1. The van der Waals surface area contributed by atoms with E-state index >= 15 is 0 Å². The number of amides is 1. The Hall–Kier alpha value is -1.36. The molecule has 1 amide bonds. The molecule has 0 radical (unpaired) electrons. The normalized spacial score (nSPS) is 19.7. The molecule has 18 heavy (non-hydrogen) atoms. The summed E-state index contributed by atoms with van der Waals surface area (Å²) in [6.07, 6.45) is 7.63. The van der Waals surface area contributed by atoms with Gasteiger partial charge in [-0.25, -0.2) is 0 Å². The van der Waals surface area contributed by atoms with Gasteiger partial charge in [0.1, 0.15) is 5.82 Å². The zero-order chi connectivity index (χ0) is 12.8. The van der Waals surface area contributed by atoms with Crippen molar-refractivity contribution in [3.63, 3.8) is 0 Å². The van der Waals surface area contributed by atoms with Gasteiger partial charge in [0.05, 0.1) is 12.3 Å². The first-order chi connectivity index (χ1) is 8.79. The van der Waals surface area contributed by atoms with Crippen LogP contribution < -0.4 is 5.32 Å². The van der Waals surface area contributed by atoms with Crippen LogP contribution in [-0.4, -0.2) is 28.8 Å². The number of aryl methyl sites for hydroxylation is 1. The van der Waals surface area contributed by atoms with E-state index < -0.39 is 0 Å². The maximum atomic E-state index is 11.8. The second-order valence-corrected chi connectivity index (χ2v) is 4.70. The highest BCUT2D eigenvalue weighted by molar-refractivity contribution is 5.90. The van der Waals surface area contributed by atoms with E-state index in [-0.39, 0.29) is 12.0 Å². The number of H-pyrrole nitrogens is 1. The van der Waals surface area contributed by atoms with Gasteiger partial charge < -0.3 is 10.1 Å². The number of aromatic nitrogens is 2. The minimum Gasteiger partial charge on any atom is -0.378 e. The average molecular weight is 251 g/mol. The van der Waals surface area contributed by atoms with Crippen molar-refractivity contribution in [2.75, 3.05) is 11.9 Å². The molecule has 0 saturated carbocycles. The van der Waals surface area contributed by atoms with Gasteiger partial charge in [-0.05, 0) is 32.1 Å². The van der Waals surface area contributed by atoms with Gasteiger partial charge in [0.15, 0.2) is 0 Å². The Kier molecular flexibility index (Phi) is 4.75. The molecule has 1 atom stereocenters. The lowest BCUT2D eigenvalue weighted by atomic mass is 10.0. The molecule has 0 bridgehead atoms. The van der Waals surface area contributed by atoms with Crippen molar-refractivity contribution in [1.29, 1.82) is 0 Å². The van der Waals surface area contributed by atoms with E-state index in [1.807, 2.05) is 6.92 Å². The lowest BCUT2D eigenvalue weighted by molar-refractivity contribution is -0.117. The van der Waals surface area contributed by atoms with Crippen LogP contribution in [0.1, 0.15) is 44.6 Å². The lowest BCUT2D eigenvalue weighted by Crippen LogP contribution is -2.22. The third-order valence-electron chi connectivity index (χ3n) is 3.33. The van der Waals surface area contributed by atoms with Crippen LogP contribution in [0.4, 0.5) is 5.82 Å². The molecular weight excluding hydrogens is 230 g/mol. The van der Waals surface area contributed by atoms with Crippen molar-refractivity contribution in [2.45, 2.75) is 51.6 Å². The number of aromatic amines is 1. The molecule has 1 aliphatic rings. The molecule has 1 aromatic heterocycles. The Morgan fingerprint density at radius 3 is 3.22 bits per heavy atom. The van der Waals surface area contributed by atoms with E-state index in [0.29, 0.717) is 6.42 Å². The van der Waals surface area contributed by atoms with E-state index in [1.54, 1.807) is 6.20 Å². The summed E-state index contributed by atoms with van der Waals surface area (Å²) in [5, 5.41) is 9.61. The van der Waals surface area contributed by atoms with Gasteiger partial charge in [-0.15, -0.1) is 0 Å². The largest absolute Gasteiger partial charge is 0.378 e. The fourth-order valence-corrected chi connectivity index (χ4v) is 2.22. The minimum atomic E-state index is 0.0307. The van der Waals surface area contributed by atoms with Crippen molar-refractivity contribution in [3.8, 4) is 0 Å². The maximum Gasteiger partial charge on any atom is 0.225 e. The Morgan fingerprint density at radius 1 is 1.61 bits per heavy atom. The summed E-state index contributed by atoms with van der Waals surface area (Å²) in [6, 6.07) is 0. The number of ether oxygens (including phenoxy) is 1. The van der Waals surface area contributed by atoms with Gasteiger partial charge in [-0.1, -0.05) is 6.92 Å². The minimum absolute atomic E-state index is 0.0307. The molecule has 2 rings (SSSR count). The fraction of sp³-hybridized carbons (Fsp3) is 0.692. The summed E-state index contributed by atoms with van der Waals surface area (Å²) in [6.45, 7) is 2.88. The van der Waals surface area contributed by atoms with Gasteiger partial charge in [0.2, 0.25) is 5.91 Å². The Bertz CT molecular complexity index is 383. The number of nitrogens with one attached hydrogen (secondary N) is 2. The van der Waals surface area contributed by atoms with Crippen LogP contribution >= 0.6 is 0 Å². The molecule has 2 heterocycles. The van der Waals surface area contributed by atoms with Crippen LogP contribution in [0.5, 0.6) is 0 Å². The zero-order valence-corrected chi connectivity index (χ0v) is 10.9. The summed E-state index contributed by atoms with van der Waals surface area (Å²) in [5.74, 6) is 0.759. The van der Waals surface area contributed by atoms with Gasteiger partial charge >= 0.3 is 0 Å². The number of hydrogen-bond acceptors (Lipinski definition) is 3. The molecule has 1 aromatic rings. The topological polar surface area (TPSA) is 67.0 Å². The molecule has 1 saturated heterocycles. The second-order valence-electron chi connectivity index (χ2n) is 4.70. The van der Waals surface area contributed by atoms with Crippen LogP contribution in [0.3, 0.4) is 0 Å². The second kappa shape index (κ2) is 6.54. The van der Waals surface area contributed by atoms with Gasteiger partial charge in [0.25, 0.3) is 0 Å². The highest BCUT2D eigenvalue weighted by atomic mass is 16.5. The molecule has 1 fully saturated rings. The summed E-state index contributed by atoms with van der Waals surface area (Å²) >= 11 is 0. The van der Waals surface area contributed by atoms with Gasteiger partial charge in [0, 0.05) is 18.6 Å². The Morgan fingerprint density at radius 2 is 2.50 bits per heavy atom. The van der Waals surface area contributed by atoms with E-state index in [1.165, 1.54) is 6.42 Å². The molecule has 1 aliphatic heterocycles. The summed E-state index contributed by atoms with van der Waals surface area (Å²) < 4.78 is 5.61. The molecular formula is C13H21N3O2. The number of nitrogens with zero attached hydrogens (tertiary/aromatic N) is 1. The predicted octanol–water partition coefficient (Wildman–Crippen LogP) is 2.26. The van der Waals surface area contributed by atoms with Gasteiger partial charge in [-0.3, -0.25) is 9.89 Å². The standard InChI is InChI=1S/C13H21N3O2/c1-2-10-9-14-16-13(10)15-12(17)7-6-11-5-3-4-8-18-11/h9,11H,2-8H2,1H3,(H2,14,15,16,17). The third-order valence-corrected chi connectivity index (χ3v) is 3.33. The highest BCUT2D eigenvalue weighted by Crippen LogP contribution is 2.18. The van der Waals surface area contributed by atoms with E-state index in [9.17, 15) is 4.79 Å². The molecule has 2 N–H and O–H groups in total. The quantitative estimate of drug-likeness (QED) is 0.843. The SMILES string of the molecule is CCc1cn[nH]c1NC(=O)CCC1CCCCO1. The first kappa shape index (κ1) is 13.1. The Labute approximate surface area is 107 Å². The van der Waals surface area contributed by atoms with Crippen molar-refractivity contribution in [1.82, 2.24) is 10.2 Å². The molecule has 5 nitrogen and oxygen atoms in total. The van der Waals surface area contributed by atoms with Crippen LogP contribution in [0.2, 0.25) is 0 Å². The van der Waals surface area contributed by atoms with Crippen LogP contribution in [0.25, 0.3) is 0 Å². The number of rotatable bonds is 5. The summed E-state index contributed by atoms with van der Waals surface area (Å²) in [5.41, 5.74) is 1.04. The first-order valence-electron chi connectivity index (χ1n) is 6.73. The molecule has 0 spiro atoms. The zero-order valence-electron chi connectivity index (χ0n) is 10.9. The van der Waals surface area contributed by atoms with E-state index in [2.05, 4.69) is 15.5 Å². The summed E-state index contributed by atoms with van der Waals surface area (Å²) in [7, 11) is 0. The smallest absolute Gasteiger partial charge is 0.225 e. The van der Waals surface area contributed by atoms with Crippen LogP contribution in [0, 0.1) is 0 Å². The van der Waals surface area contributed by atoms with Gasteiger partial charge in [-0.2, -0.15) is 5.10 Å². The van der Waals surface area contributed by atoms with Crippen molar-refractivity contribution < 1.29 is 9.53 Å². The van der Waals surface area contributed by atoms with Crippen molar-refractivity contribution in [3.05, 3.63) is 11.8 Å². The number of anilines is 1. The average Bonchev–Trinajstić information content (AvgIpc) is 2.85. The molecule has 0 aromatic carbocycles. The molecule has 100 valence electrons. The number of carbonyl (C=O) groups excluding carboxylic acids is 1. The highest BCUT2D eigenvalue weighted by Gasteiger charge is 2.16. The molecule has 5 heteroatoms. The molecule has 0 aliphatic carbocycles. The van der Waals surface area contributed by atoms with Crippen molar-refractivity contribution >= 4 is 11.7 Å². The van der Waals surface area contributed by atoms with Crippen LogP contribution in [0.15, 0.2) is 6.20 Å². The molecule has 1 unspecified atom stereocenters. The number of hydrogen-bond donors (Lipinski definition) is 2. The fourth-order valence-electron chi connectivity index (χ4n) is 2.22. The third kappa shape index (κ3) is 3.57. The monoisotopic (exact) mass is 251 g/mol. The van der Waals surface area contributed by atoms with Crippen molar-refractivity contribution in [2.24, 2.45) is 0 Å². The predicted molar refractivity (Wildman–Crippen MR) is 69.4 cm³/mol. The maximum absolute atomic E-state index is 11.8. The van der Waals surface area contributed by atoms with E-state index in [4.69, 9.17) is 4.74 Å². The summed E-state index contributed by atoms with van der Waals surface area (Å²) in [4.78, 5) is 11.8. The van der Waals surface area contributed by atoms with E-state index in [0.717, 1.165) is 43.7 Å².